The number of carbonyl (C=O) groups excluding carboxylic acids is 1. The summed E-state index contributed by atoms with van der Waals surface area (Å²) in [5, 5.41) is 0.609. The van der Waals surface area contributed by atoms with Crippen molar-refractivity contribution in [2.75, 3.05) is 18.0 Å². The molecule has 1 aliphatic heterocycles. The summed E-state index contributed by atoms with van der Waals surface area (Å²) in [6.07, 6.45) is 1.03. The quantitative estimate of drug-likeness (QED) is 0.322. The summed E-state index contributed by atoms with van der Waals surface area (Å²) in [6.45, 7) is 5.58. The van der Waals surface area contributed by atoms with Crippen molar-refractivity contribution in [2.24, 2.45) is 11.8 Å². The van der Waals surface area contributed by atoms with Crippen molar-refractivity contribution < 1.29 is 13.2 Å². The second kappa shape index (κ2) is 10.1. The van der Waals surface area contributed by atoms with Crippen LogP contribution in [0.1, 0.15) is 36.2 Å². The fourth-order valence-electron chi connectivity index (χ4n) is 4.84. The van der Waals surface area contributed by atoms with Gasteiger partial charge < -0.3 is 0 Å². The fourth-order valence-corrected chi connectivity index (χ4v) is 7.49. The van der Waals surface area contributed by atoms with Crippen molar-refractivity contribution in [2.45, 2.75) is 31.7 Å². The van der Waals surface area contributed by atoms with E-state index in [1.54, 1.807) is 33.5 Å². The predicted octanol–water partition coefficient (Wildman–Crippen LogP) is 5.81. The molecule has 2 atom stereocenters. The summed E-state index contributed by atoms with van der Waals surface area (Å²) in [5.41, 5.74) is 2.25. The topological polar surface area (TPSA) is 70.6 Å². The van der Waals surface area contributed by atoms with Gasteiger partial charge >= 0.3 is 0 Å². The van der Waals surface area contributed by atoms with Crippen LogP contribution in [0.5, 0.6) is 0 Å². The highest BCUT2D eigenvalue weighted by molar-refractivity contribution is 7.89. The Hall–Kier alpha value is -3.07. The van der Waals surface area contributed by atoms with Crippen molar-refractivity contribution in [3.63, 3.8) is 0 Å². The van der Waals surface area contributed by atoms with Gasteiger partial charge in [0.15, 0.2) is 5.13 Å². The molecule has 0 aliphatic carbocycles. The molecule has 6 nitrogen and oxygen atoms in total. The molecule has 0 saturated carbocycles. The van der Waals surface area contributed by atoms with E-state index in [0.29, 0.717) is 42.2 Å². The molecule has 4 aromatic rings. The fraction of sp³-hybridized carbons (Fsp3) is 0.286. The number of hydrogen-bond donors (Lipinski definition) is 0. The number of carbonyl (C=O) groups is 1. The number of rotatable bonds is 6. The lowest BCUT2D eigenvalue weighted by Crippen LogP contribution is -2.42. The number of nitrogens with zero attached hydrogens (tertiary/aromatic N) is 3. The van der Waals surface area contributed by atoms with E-state index in [1.165, 1.54) is 11.3 Å². The molecule has 1 amide bonds. The van der Waals surface area contributed by atoms with Crippen LogP contribution in [-0.2, 0) is 16.6 Å². The van der Waals surface area contributed by atoms with Crippen LogP contribution in [0.3, 0.4) is 0 Å². The Morgan fingerprint density at radius 3 is 2.25 bits per heavy atom. The van der Waals surface area contributed by atoms with E-state index in [4.69, 9.17) is 4.98 Å². The minimum atomic E-state index is -3.61. The monoisotopic (exact) mass is 519 g/mol. The Labute approximate surface area is 216 Å². The lowest BCUT2D eigenvalue weighted by molar-refractivity contribution is 0.0985. The highest BCUT2D eigenvalue weighted by atomic mass is 32.2. The minimum Gasteiger partial charge on any atom is -0.279 e. The zero-order chi connectivity index (χ0) is 25.3. The van der Waals surface area contributed by atoms with Crippen LogP contribution in [0, 0.1) is 11.8 Å². The molecule has 2 heterocycles. The van der Waals surface area contributed by atoms with Crippen molar-refractivity contribution in [1.29, 1.82) is 0 Å². The van der Waals surface area contributed by atoms with Gasteiger partial charge in [-0.25, -0.2) is 13.4 Å². The van der Waals surface area contributed by atoms with E-state index in [9.17, 15) is 13.2 Å². The number of para-hydroxylation sites is 1. The Bertz CT molecular complexity index is 1420. The van der Waals surface area contributed by atoms with Gasteiger partial charge in [-0.15, -0.1) is 0 Å². The summed E-state index contributed by atoms with van der Waals surface area (Å²) in [4.78, 5) is 20.3. The Balaban J connectivity index is 1.44. The second-order valence-corrected chi connectivity index (χ2v) is 12.6. The van der Waals surface area contributed by atoms with Crippen molar-refractivity contribution in [3.05, 3.63) is 90.0 Å². The van der Waals surface area contributed by atoms with E-state index in [1.807, 2.05) is 54.6 Å². The normalized spacial score (nSPS) is 18.8. The average molecular weight is 520 g/mol. The number of anilines is 1. The van der Waals surface area contributed by atoms with E-state index >= 15 is 0 Å². The van der Waals surface area contributed by atoms with Gasteiger partial charge in [0.05, 0.1) is 21.7 Å². The highest BCUT2D eigenvalue weighted by Gasteiger charge is 2.32. The molecular formula is C28H29N3O3S2. The van der Waals surface area contributed by atoms with Gasteiger partial charge in [0.25, 0.3) is 5.91 Å². The first-order valence-corrected chi connectivity index (χ1v) is 14.4. The van der Waals surface area contributed by atoms with Crippen molar-refractivity contribution >= 4 is 42.6 Å². The van der Waals surface area contributed by atoms with Gasteiger partial charge in [0.1, 0.15) is 0 Å². The number of hydrogen-bond acceptors (Lipinski definition) is 5. The molecule has 8 heteroatoms. The molecule has 1 aliphatic rings. The lowest BCUT2D eigenvalue weighted by atomic mass is 9.94. The second-order valence-electron chi connectivity index (χ2n) is 9.63. The number of benzene rings is 3. The molecular weight excluding hydrogens is 490 g/mol. The number of fused-ring (bicyclic) bond motifs is 1. The average Bonchev–Trinajstić information content (AvgIpc) is 3.31. The molecule has 186 valence electrons. The van der Waals surface area contributed by atoms with Crippen LogP contribution in [0.2, 0.25) is 0 Å². The summed E-state index contributed by atoms with van der Waals surface area (Å²) in [5.74, 6) is 0.427. The number of aromatic nitrogens is 1. The van der Waals surface area contributed by atoms with E-state index in [0.717, 1.165) is 22.2 Å². The maximum atomic E-state index is 13.7. The highest BCUT2D eigenvalue weighted by Crippen LogP contribution is 2.31. The smallest absolute Gasteiger partial charge is 0.260 e. The van der Waals surface area contributed by atoms with Crippen molar-refractivity contribution in [3.8, 4) is 0 Å². The minimum absolute atomic E-state index is 0.218. The Kier molecular flexibility index (Phi) is 6.92. The molecule has 1 saturated heterocycles. The largest absolute Gasteiger partial charge is 0.279 e. The predicted molar refractivity (Wildman–Crippen MR) is 145 cm³/mol. The van der Waals surface area contributed by atoms with Gasteiger partial charge in [-0.2, -0.15) is 4.31 Å². The number of amides is 1. The number of sulfonamides is 1. The Morgan fingerprint density at radius 1 is 0.944 bits per heavy atom. The summed E-state index contributed by atoms with van der Waals surface area (Å²) >= 11 is 1.47. The van der Waals surface area contributed by atoms with Crippen molar-refractivity contribution in [1.82, 2.24) is 9.29 Å². The molecule has 0 spiro atoms. The molecule has 0 radical (unpaired) electrons. The first-order chi connectivity index (χ1) is 17.3. The van der Waals surface area contributed by atoms with E-state index < -0.39 is 10.0 Å². The third-order valence-electron chi connectivity index (χ3n) is 6.52. The van der Waals surface area contributed by atoms with Gasteiger partial charge in [0.2, 0.25) is 10.0 Å². The summed E-state index contributed by atoms with van der Waals surface area (Å²) < 4.78 is 29.1. The van der Waals surface area contributed by atoms with Gasteiger partial charge in [-0.05, 0) is 60.2 Å². The molecule has 1 aromatic heterocycles. The van der Waals surface area contributed by atoms with Gasteiger partial charge in [0, 0.05) is 18.7 Å². The lowest BCUT2D eigenvalue weighted by Gasteiger charge is -2.34. The van der Waals surface area contributed by atoms with Crippen LogP contribution in [0.4, 0.5) is 5.13 Å². The molecule has 2 unspecified atom stereocenters. The SMILES string of the molecule is CC1CC(C)CN(S(=O)(=O)c2ccc(C(=O)N(Cc3ccccc3)c3nc4ccccc4s3)cc2)C1. The zero-order valence-corrected chi connectivity index (χ0v) is 22.0. The Morgan fingerprint density at radius 2 is 1.58 bits per heavy atom. The molecule has 0 N–H and O–H groups in total. The van der Waals surface area contributed by atoms with E-state index in [-0.39, 0.29) is 10.8 Å². The van der Waals surface area contributed by atoms with Crippen LogP contribution < -0.4 is 4.90 Å². The standard InChI is InChI=1S/C28H29N3O3S2/c1-20-16-21(2)18-30(17-20)36(33,34)24-14-12-23(13-15-24)27(32)31(19-22-8-4-3-5-9-22)28-29-25-10-6-7-11-26(25)35-28/h3-15,20-21H,16-19H2,1-2H3. The zero-order valence-electron chi connectivity index (χ0n) is 20.4. The van der Waals surface area contributed by atoms with Gasteiger partial charge in [-0.3, -0.25) is 9.69 Å². The first kappa shape index (κ1) is 24.6. The number of thiazole rings is 1. The molecule has 1 fully saturated rings. The maximum Gasteiger partial charge on any atom is 0.260 e. The van der Waals surface area contributed by atoms with Crippen LogP contribution in [0.15, 0.2) is 83.8 Å². The summed E-state index contributed by atoms with van der Waals surface area (Å²) in [6, 6.07) is 23.9. The van der Waals surface area contributed by atoms with E-state index in [2.05, 4.69) is 13.8 Å². The maximum absolute atomic E-state index is 13.7. The molecule has 3 aromatic carbocycles. The third-order valence-corrected chi connectivity index (χ3v) is 9.42. The summed E-state index contributed by atoms with van der Waals surface area (Å²) in [7, 11) is -3.61. The molecule has 5 rings (SSSR count). The van der Waals surface area contributed by atoms with Crippen LogP contribution in [0.25, 0.3) is 10.2 Å². The first-order valence-electron chi connectivity index (χ1n) is 12.1. The molecule has 36 heavy (non-hydrogen) atoms. The van der Waals surface area contributed by atoms with Gasteiger partial charge in [-0.1, -0.05) is 67.6 Å². The van der Waals surface area contributed by atoms with Crippen LogP contribution >= 0.6 is 11.3 Å². The van der Waals surface area contributed by atoms with Crippen LogP contribution in [-0.4, -0.2) is 36.7 Å². The molecule has 0 bridgehead atoms. The number of piperidine rings is 1. The third kappa shape index (κ3) is 5.07.